The summed E-state index contributed by atoms with van der Waals surface area (Å²) in [5.74, 6) is 0. The average Bonchev–Trinajstić information content (AvgIpc) is 3.37. The molecule has 1 heterocycles. The van der Waals surface area contributed by atoms with Crippen LogP contribution < -0.4 is 0 Å². The van der Waals surface area contributed by atoms with Crippen LogP contribution in [0.1, 0.15) is 0 Å². The second-order valence-corrected chi connectivity index (χ2v) is 10.7. The predicted molar refractivity (Wildman–Crippen MR) is 170 cm³/mol. The van der Waals surface area contributed by atoms with E-state index < -0.39 is 0 Å². The topological polar surface area (TPSA) is 12.9 Å². The van der Waals surface area contributed by atoms with Crippen molar-refractivity contribution in [2.75, 3.05) is 0 Å². The highest BCUT2D eigenvalue weighted by Crippen LogP contribution is 2.55. The molecule has 40 heavy (non-hydrogen) atoms. The summed E-state index contributed by atoms with van der Waals surface area (Å²) in [6.45, 7) is 0. The SMILES string of the molecule is c1ccc(-c2cc(-c3ccc4c5c(cccc35)-c3c-4c4ccccc4c4ccccc34)cc3ccncc23)cc1. The fourth-order valence-corrected chi connectivity index (χ4v) is 6.99. The molecule has 0 saturated heterocycles. The molecule has 0 aliphatic heterocycles. The minimum absolute atomic E-state index is 1.17. The number of hydrogen-bond acceptors (Lipinski definition) is 1. The molecule has 0 fully saturated rings. The van der Waals surface area contributed by atoms with Crippen LogP contribution in [-0.4, -0.2) is 4.98 Å². The van der Waals surface area contributed by atoms with Crippen molar-refractivity contribution in [2.45, 2.75) is 0 Å². The molecular weight excluding hydrogens is 482 g/mol. The smallest absolute Gasteiger partial charge is 0.0352 e. The van der Waals surface area contributed by atoms with Gasteiger partial charge in [-0.3, -0.25) is 4.98 Å². The second-order valence-electron chi connectivity index (χ2n) is 10.7. The van der Waals surface area contributed by atoms with E-state index in [1.54, 1.807) is 0 Å². The van der Waals surface area contributed by atoms with Gasteiger partial charge in [-0.2, -0.15) is 0 Å². The predicted octanol–water partition coefficient (Wildman–Crippen LogP) is 10.7. The lowest BCUT2D eigenvalue weighted by Crippen LogP contribution is -1.88. The van der Waals surface area contributed by atoms with E-state index in [1.807, 2.05) is 12.4 Å². The summed E-state index contributed by atoms with van der Waals surface area (Å²) in [6, 6.07) is 46.7. The zero-order chi connectivity index (χ0) is 26.2. The molecule has 0 N–H and O–H groups in total. The highest BCUT2D eigenvalue weighted by Gasteiger charge is 2.27. The van der Waals surface area contributed by atoms with Crippen LogP contribution in [0.15, 0.2) is 140 Å². The molecule has 7 aromatic carbocycles. The number of aromatic nitrogens is 1. The maximum absolute atomic E-state index is 4.46. The van der Waals surface area contributed by atoms with Crippen LogP contribution in [-0.2, 0) is 0 Å². The summed E-state index contributed by atoms with van der Waals surface area (Å²) in [6.07, 6.45) is 3.88. The van der Waals surface area contributed by atoms with Crippen LogP contribution in [0.25, 0.3) is 87.6 Å². The van der Waals surface area contributed by atoms with Crippen molar-refractivity contribution in [3.63, 3.8) is 0 Å². The van der Waals surface area contributed by atoms with Crippen molar-refractivity contribution in [1.29, 1.82) is 0 Å². The average molecular weight is 506 g/mol. The van der Waals surface area contributed by atoms with Crippen LogP contribution >= 0.6 is 0 Å². The highest BCUT2D eigenvalue weighted by molar-refractivity contribution is 6.31. The molecule has 0 radical (unpaired) electrons. The van der Waals surface area contributed by atoms with E-state index in [0.29, 0.717) is 0 Å². The molecule has 1 heteroatoms. The van der Waals surface area contributed by atoms with E-state index in [1.165, 1.54) is 87.6 Å². The first-order valence-corrected chi connectivity index (χ1v) is 13.8. The lowest BCUT2D eigenvalue weighted by molar-refractivity contribution is 1.36. The van der Waals surface area contributed by atoms with Gasteiger partial charge in [0.2, 0.25) is 0 Å². The fraction of sp³-hybridized carbons (Fsp3) is 0. The van der Waals surface area contributed by atoms with Gasteiger partial charge < -0.3 is 0 Å². The Kier molecular flexibility index (Phi) is 4.39. The van der Waals surface area contributed by atoms with Crippen LogP contribution in [0.2, 0.25) is 0 Å². The molecule has 1 aliphatic rings. The summed E-state index contributed by atoms with van der Waals surface area (Å²) >= 11 is 0. The first kappa shape index (κ1) is 21.6. The van der Waals surface area contributed by atoms with E-state index in [-0.39, 0.29) is 0 Å². The van der Waals surface area contributed by atoms with Crippen molar-refractivity contribution in [2.24, 2.45) is 0 Å². The van der Waals surface area contributed by atoms with E-state index in [4.69, 9.17) is 0 Å². The Hall–Kier alpha value is -5.27. The molecule has 0 spiro atoms. The Morgan fingerprint density at radius 2 is 1.00 bits per heavy atom. The van der Waals surface area contributed by atoms with Gasteiger partial charge in [0.15, 0.2) is 0 Å². The van der Waals surface area contributed by atoms with Gasteiger partial charge in [-0.15, -0.1) is 0 Å². The molecule has 9 rings (SSSR count). The van der Waals surface area contributed by atoms with Crippen molar-refractivity contribution >= 4 is 43.1 Å². The number of fused-ring (bicyclic) bond motifs is 9. The molecule has 0 atom stereocenters. The van der Waals surface area contributed by atoms with Gasteiger partial charge in [0, 0.05) is 17.8 Å². The normalized spacial score (nSPS) is 12.0. The maximum Gasteiger partial charge on any atom is 0.0352 e. The minimum atomic E-state index is 1.17. The Morgan fingerprint density at radius 3 is 1.75 bits per heavy atom. The molecule has 8 aromatic rings. The molecule has 0 saturated carbocycles. The second kappa shape index (κ2) is 8.11. The zero-order valence-electron chi connectivity index (χ0n) is 21.7. The first-order chi connectivity index (χ1) is 19.9. The van der Waals surface area contributed by atoms with Crippen LogP contribution in [0.5, 0.6) is 0 Å². The summed E-state index contributed by atoms with van der Waals surface area (Å²) in [5, 5.41) is 10.3. The van der Waals surface area contributed by atoms with Crippen molar-refractivity contribution < 1.29 is 0 Å². The third-order valence-corrected chi connectivity index (χ3v) is 8.66. The van der Waals surface area contributed by atoms with E-state index >= 15 is 0 Å². The van der Waals surface area contributed by atoms with Crippen molar-refractivity contribution in [3.05, 3.63) is 140 Å². The van der Waals surface area contributed by atoms with Crippen LogP contribution in [0.3, 0.4) is 0 Å². The minimum Gasteiger partial charge on any atom is -0.264 e. The largest absolute Gasteiger partial charge is 0.264 e. The van der Waals surface area contributed by atoms with Crippen molar-refractivity contribution in [1.82, 2.24) is 4.98 Å². The lowest BCUT2D eigenvalue weighted by atomic mass is 9.89. The van der Waals surface area contributed by atoms with Gasteiger partial charge in [0.05, 0.1) is 0 Å². The van der Waals surface area contributed by atoms with E-state index in [9.17, 15) is 0 Å². The van der Waals surface area contributed by atoms with E-state index in [2.05, 4.69) is 132 Å². The Balaban J connectivity index is 1.38. The molecule has 1 aromatic heterocycles. The molecule has 184 valence electrons. The van der Waals surface area contributed by atoms with Gasteiger partial charge in [0.1, 0.15) is 0 Å². The molecule has 1 nitrogen and oxygen atoms in total. The monoisotopic (exact) mass is 505 g/mol. The molecule has 0 unspecified atom stereocenters. The van der Waals surface area contributed by atoms with Crippen LogP contribution in [0, 0.1) is 0 Å². The van der Waals surface area contributed by atoms with Gasteiger partial charge >= 0.3 is 0 Å². The summed E-state index contributed by atoms with van der Waals surface area (Å²) < 4.78 is 0. The third kappa shape index (κ3) is 2.89. The molecular formula is C39H23N. The Bertz CT molecular complexity index is 2240. The molecule has 0 bridgehead atoms. The number of pyridine rings is 1. The lowest BCUT2D eigenvalue weighted by Gasteiger charge is -2.14. The fourth-order valence-electron chi connectivity index (χ4n) is 6.99. The Morgan fingerprint density at radius 1 is 0.375 bits per heavy atom. The quantitative estimate of drug-likeness (QED) is 0.213. The number of rotatable bonds is 2. The van der Waals surface area contributed by atoms with Gasteiger partial charge in [-0.25, -0.2) is 0 Å². The maximum atomic E-state index is 4.46. The third-order valence-electron chi connectivity index (χ3n) is 8.66. The zero-order valence-corrected chi connectivity index (χ0v) is 21.7. The standard InChI is InChI=1S/C39H23N/c1-2-9-24(10-3-1)35-22-26(21-25-19-20-40-23-36(25)35)27-17-18-34-37-30(27)15-8-16-33(37)38-31-13-6-4-11-28(31)29-12-5-7-14-32(29)39(34)38/h1-23H. The van der Waals surface area contributed by atoms with Gasteiger partial charge in [-0.05, 0) is 100 Å². The first-order valence-electron chi connectivity index (χ1n) is 13.8. The van der Waals surface area contributed by atoms with Gasteiger partial charge in [0.25, 0.3) is 0 Å². The highest BCUT2D eigenvalue weighted by atomic mass is 14.6. The van der Waals surface area contributed by atoms with E-state index in [0.717, 1.165) is 0 Å². The summed E-state index contributed by atoms with van der Waals surface area (Å²) in [5.41, 5.74) is 10.3. The number of benzene rings is 7. The van der Waals surface area contributed by atoms with Crippen molar-refractivity contribution in [3.8, 4) is 44.5 Å². The summed E-state index contributed by atoms with van der Waals surface area (Å²) in [4.78, 5) is 4.46. The molecule has 1 aliphatic carbocycles. The number of nitrogens with zero attached hydrogens (tertiary/aromatic N) is 1. The summed E-state index contributed by atoms with van der Waals surface area (Å²) in [7, 11) is 0. The van der Waals surface area contributed by atoms with Crippen LogP contribution in [0.4, 0.5) is 0 Å². The molecule has 0 amide bonds. The number of hydrogen-bond donors (Lipinski definition) is 0. The van der Waals surface area contributed by atoms with Gasteiger partial charge in [-0.1, -0.05) is 109 Å². The Labute approximate surface area is 232 Å².